The van der Waals surface area contributed by atoms with Gasteiger partial charge in [-0.2, -0.15) is 0 Å². The first-order chi connectivity index (χ1) is 13.6. The first-order valence-corrected chi connectivity index (χ1v) is 9.84. The molecule has 2 aromatic rings. The smallest absolute Gasteiger partial charge is 0.496 e. The molecule has 0 saturated heterocycles. The first kappa shape index (κ1) is 22.4. The molecule has 0 aliphatic rings. The van der Waals surface area contributed by atoms with Crippen molar-refractivity contribution in [2.45, 2.75) is 12.1 Å². The number of rotatable bonds is 8. The first-order valence-electron chi connectivity index (χ1n) is 8.12. The van der Waals surface area contributed by atoms with E-state index >= 15 is 0 Å². The van der Waals surface area contributed by atoms with Crippen molar-refractivity contribution in [3.05, 3.63) is 52.9 Å². The maximum absolute atomic E-state index is 12.4. The van der Waals surface area contributed by atoms with Gasteiger partial charge < -0.3 is 18.9 Å². The highest BCUT2D eigenvalue weighted by Crippen LogP contribution is 2.35. The van der Waals surface area contributed by atoms with Gasteiger partial charge in [-0.15, -0.1) is 13.2 Å². The van der Waals surface area contributed by atoms with Gasteiger partial charge in [-0.1, -0.05) is 12.1 Å². The molecule has 2 rings (SSSR count). The summed E-state index contributed by atoms with van der Waals surface area (Å²) in [5.74, 6) is 0.334. The molecular weight excluding hydrogens is 413 g/mol. The molecule has 6 nitrogen and oxygen atoms in total. The molecule has 0 fully saturated rings. The summed E-state index contributed by atoms with van der Waals surface area (Å²) >= 11 is 0. The molecule has 0 aromatic heterocycles. The summed E-state index contributed by atoms with van der Waals surface area (Å²) in [5.41, 5.74) is 0.700. The second-order valence-corrected chi connectivity index (χ2v) is 7.63. The summed E-state index contributed by atoms with van der Waals surface area (Å²) in [6, 6.07) is 7.76. The van der Waals surface area contributed by atoms with Crippen LogP contribution in [-0.2, 0) is 15.6 Å². The third-order valence-corrected chi connectivity index (χ3v) is 5.01. The van der Waals surface area contributed by atoms with Crippen LogP contribution in [0.5, 0.6) is 23.0 Å². The molecule has 0 aliphatic carbocycles. The standard InChI is InChI=1S/C19H19F3O6S/c1-25-15-10-17(26-2)16(18(11-15)27-3)8-9-29(23,24)12-13-4-6-14(7-5-13)28-19(20,21)22/h4-11H,12H2,1-3H3/b9-8+. The van der Waals surface area contributed by atoms with Crippen LogP contribution in [0.15, 0.2) is 41.8 Å². The topological polar surface area (TPSA) is 71.1 Å². The minimum Gasteiger partial charge on any atom is -0.496 e. The Morgan fingerprint density at radius 2 is 1.45 bits per heavy atom. The molecular formula is C19H19F3O6S. The Hall–Kier alpha value is -2.88. The van der Waals surface area contributed by atoms with E-state index in [9.17, 15) is 21.6 Å². The highest BCUT2D eigenvalue weighted by molar-refractivity contribution is 7.93. The third kappa shape index (κ3) is 6.60. The van der Waals surface area contributed by atoms with Gasteiger partial charge in [0.2, 0.25) is 0 Å². The van der Waals surface area contributed by atoms with Crippen LogP contribution in [0.3, 0.4) is 0 Å². The van der Waals surface area contributed by atoms with E-state index in [1.807, 2.05) is 0 Å². The molecule has 158 valence electrons. The number of ether oxygens (including phenoxy) is 4. The number of hydrogen-bond acceptors (Lipinski definition) is 6. The quantitative estimate of drug-likeness (QED) is 0.623. The molecule has 0 unspecified atom stereocenters. The number of benzene rings is 2. The van der Waals surface area contributed by atoms with Crippen LogP contribution >= 0.6 is 0 Å². The van der Waals surface area contributed by atoms with E-state index in [0.29, 0.717) is 28.4 Å². The highest BCUT2D eigenvalue weighted by Gasteiger charge is 2.31. The number of hydrogen-bond donors (Lipinski definition) is 0. The van der Waals surface area contributed by atoms with Crippen LogP contribution in [0.2, 0.25) is 0 Å². The van der Waals surface area contributed by atoms with Gasteiger partial charge in [0.05, 0.1) is 32.6 Å². The Bertz CT molecular complexity index is 941. The maximum atomic E-state index is 12.4. The molecule has 0 bridgehead atoms. The zero-order valence-electron chi connectivity index (χ0n) is 15.8. The average Bonchev–Trinajstić information content (AvgIpc) is 2.65. The zero-order valence-corrected chi connectivity index (χ0v) is 16.6. The van der Waals surface area contributed by atoms with E-state index in [1.165, 1.54) is 39.5 Å². The predicted molar refractivity (Wildman–Crippen MR) is 101 cm³/mol. The fourth-order valence-electron chi connectivity index (χ4n) is 2.44. The van der Waals surface area contributed by atoms with E-state index in [-0.39, 0.29) is 0 Å². The summed E-state index contributed by atoms with van der Waals surface area (Å²) in [6.45, 7) is 0. The molecule has 0 radical (unpaired) electrons. The van der Waals surface area contributed by atoms with Gasteiger partial charge in [0.25, 0.3) is 0 Å². The Kier molecular flexibility index (Phi) is 7.02. The summed E-state index contributed by atoms with van der Waals surface area (Å²) < 4.78 is 80.8. The van der Waals surface area contributed by atoms with Crippen molar-refractivity contribution in [2.24, 2.45) is 0 Å². The van der Waals surface area contributed by atoms with Crippen LogP contribution in [0.4, 0.5) is 13.2 Å². The van der Waals surface area contributed by atoms with Gasteiger partial charge in [-0.3, -0.25) is 0 Å². The summed E-state index contributed by atoms with van der Waals surface area (Å²) in [7, 11) is 0.582. The fourth-order valence-corrected chi connectivity index (χ4v) is 3.53. The van der Waals surface area contributed by atoms with Crippen LogP contribution in [0, 0.1) is 0 Å². The van der Waals surface area contributed by atoms with E-state index in [1.54, 1.807) is 12.1 Å². The lowest BCUT2D eigenvalue weighted by Gasteiger charge is -2.12. The number of sulfone groups is 1. The van der Waals surface area contributed by atoms with Gasteiger partial charge >= 0.3 is 6.36 Å². The molecule has 0 amide bonds. The van der Waals surface area contributed by atoms with E-state index in [4.69, 9.17) is 14.2 Å². The molecule has 10 heteroatoms. The molecule has 0 N–H and O–H groups in total. The third-order valence-electron chi connectivity index (χ3n) is 3.72. The van der Waals surface area contributed by atoms with E-state index in [2.05, 4.69) is 4.74 Å². The van der Waals surface area contributed by atoms with E-state index < -0.39 is 27.7 Å². The second-order valence-electron chi connectivity index (χ2n) is 5.75. The summed E-state index contributed by atoms with van der Waals surface area (Å²) in [4.78, 5) is 0. The Morgan fingerprint density at radius 3 is 1.90 bits per heavy atom. The summed E-state index contributed by atoms with van der Waals surface area (Å²) in [6.07, 6.45) is -3.49. The SMILES string of the molecule is COc1cc(OC)c(/C=C/S(=O)(=O)Cc2ccc(OC(F)(F)F)cc2)c(OC)c1. The molecule has 0 saturated carbocycles. The van der Waals surface area contributed by atoms with Crippen molar-refractivity contribution in [1.82, 2.24) is 0 Å². The van der Waals surface area contributed by atoms with Gasteiger partial charge in [-0.05, 0) is 23.8 Å². The lowest BCUT2D eigenvalue weighted by atomic mass is 10.1. The lowest BCUT2D eigenvalue weighted by Crippen LogP contribution is -2.17. The van der Waals surface area contributed by atoms with Crippen molar-refractivity contribution < 1.29 is 40.5 Å². The van der Waals surface area contributed by atoms with Crippen molar-refractivity contribution in [3.8, 4) is 23.0 Å². The van der Waals surface area contributed by atoms with Crippen molar-refractivity contribution in [2.75, 3.05) is 21.3 Å². The van der Waals surface area contributed by atoms with Crippen LogP contribution < -0.4 is 18.9 Å². The Labute approximate surface area is 166 Å². The highest BCUT2D eigenvalue weighted by atomic mass is 32.2. The monoisotopic (exact) mass is 432 g/mol. The van der Waals surface area contributed by atoms with Crippen molar-refractivity contribution in [3.63, 3.8) is 0 Å². The zero-order chi connectivity index (χ0) is 21.7. The average molecular weight is 432 g/mol. The number of alkyl halides is 3. The fraction of sp³-hybridized carbons (Fsp3) is 0.263. The number of halogens is 3. The van der Waals surface area contributed by atoms with Gasteiger partial charge in [0.1, 0.15) is 23.0 Å². The minimum atomic E-state index is -4.81. The Balaban J connectivity index is 2.22. The lowest BCUT2D eigenvalue weighted by molar-refractivity contribution is -0.274. The Morgan fingerprint density at radius 1 is 0.897 bits per heavy atom. The van der Waals surface area contributed by atoms with E-state index in [0.717, 1.165) is 17.5 Å². The van der Waals surface area contributed by atoms with Gasteiger partial charge in [-0.25, -0.2) is 8.42 Å². The largest absolute Gasteiger partial charge is 0.573 e. The van der Waals surface area contributed by atoms with Crippen LogP contribution in [0.1, 0.15) is 11.1 Å². The van der Waals surface area contributed by atoms with Crippen LogP contribution in [-0.4, -0.2) is 36.1 Å². The van der Waals surface area contributed by atoms with Gasteiger partial charge in [0.15, 0.2) is 9.84 Å². The normalized spacial score (nSPS) is 12.1. The molecule has 0 heterocycles. The molecule has 29 heavy (non-hydrogen) atoms. The van der Waals surface area contributed by atoms with Crippen LogP contribution in [0.25, 0.3) is 6.08 Å². The molecule has 2 aromatic carbocycles. The number of methoxy groups -OCH3 is 3. The molecule has 0 atom stereocenters. The molecule has 0 spiro atoms. The van der Waals surface area contributed by atoms with Crippen molar-refractivity contribution >= 4 is 15.9 Å². The molecule has 0 aliphatic heterocycles. The minimum absolute atomic E-state index is 0.304. The predicted octanol–water partition coefficient (Wildman–Crippen LogP) is 4.20. The second kappa shape index (κ2) is 9.08. The maximum Gasteiger partial charge on any atom is 0.573 e. The van der Waals surface area contributed by atoms with Crippen molar-refractivity contribution in [1.29, 1.82) is 0 Å². The summed E-state index contributed by atoms with van der Waals surface area (Å²) in [5, 5.41) is 0.986. The van der Waals surface area contributed by atoms with Gasteiger partial charge in [0, 0.05) is 17.5 Å².